The van der Waals surface area contributed by atoms with Crippen molar-refractivity contribution in [3.8, 4) is 0 Å². The molecule has 0 bridgehead atoms. The molecule has 2 aromatic heterocycles. The van der Waals surface area contributed by atoms with Gasteiger partial charge in [-0.3, -0.25) is 4.79 Å². The number of H-pyrrole nitrogens is 1. The van der Waals surface area contributed by atoms with Gasteiger partial charge in [-0.2, -0.15) is 0 Å². The van der Waals surface area contributed by atoms with E-state index in [0.29, 0.717) is 22.5 Å². The second-order valence-electron chi connectivity index (χ2n) is 4.46. The minimum absolute atomic E-state index is 0.121. The van der Waals surface area contributed by atoms with E-state index in [1.807, 2.05) is 6.07 Å². The van der Waals surface area contributed by atoms with E-state index in [-0.39, 0.29) is 17.7 Å². The van der Waals surface area contributed by atoms with Crippen LogP contribution in [0.3, 0.4) is 0 Å². The number of furan rings is 1. The summed E-state index contributed by atoms with van der Waals surface area (Å²) in [6, 6.07) is 10.3. The zero-order valence-corrected chi connectivity index (χ0v) is 11.3. The molecule has 0 aliphatic carbocycles. The van der Waals surface area contributed by atoms with E-state index in [1.54, 1.807) is 24.3 Å². The first kappa shape index (κ1) is 13.1. The molecule has 3 rings (SSSR count). The fourth-order valence-electron chi connectivity index (χ4n) is 2.07. The van der Waals surface area contributed by atoms with Crippen LogP contribution in [-0.2, 0) is 11.2 Å². The highest BCUT2D eigenvalue weighted by molar-refractivity contribution is 5.86. The number of hydrogen-bond acceptors (Lipinski definition) is 5. The average Bonchev–Trinajstić information content (AvgIpc) is 2.95. The van der Waals surface area contributed by atoms with Gasteiger partial charge < -0.3 is 14.1 Å². The predicted molar refractivity (Wildman–Crippen MR) is 75.2 cm³/mol. The number of fused-ring (bicyclic) bond motifs is 1. The Morgan fingerprint density at radius 2 is 2.10 bits per heavy atom. The highest BCUT2D eigenvalue weighted by atomic mass is 16.5. The number of methoxy groups -OCH3 is 1. The van der Waals surface area contributed by atoms with Gasteiger partial charge in [0.2, 0.25) is 5.76 Å². The van der Waals surface area contributed by atoms with Crippen LogP contribution in [0.15, 0.2) is 45.6 Å². The minimum Gasteiger partial charge on any atom is -0.463 e. The van der Waals surface area contributed by atoms with Crippen molar-refractivity contribution in [3.05, 3.63) is 64.1 Å². The molecule has 0 saturated carbocycles. The van der Waals surface area contributed by atoms with Crippen LogP contribution in [0.25, 0.3) is 10.9 Å². The van der Waals surface area contributed by atoms with E-state index in [4.69, 9.17) is 4.42 Å². The summed E-state index contributed by atoms with van der Waals surface area (Å²) in [5, 5.41) is 0.538. The van der Waals surface area contributed by atoms with Crippen LogP contribution in [-0.4, -0.2) is 23.0 Å². The maximum atomic E-state index is 11.9. The van der Waals surface area contributed by atoms with Crippen molar-refractivity contribution in [1.82, 2.24) is 9.97 Å². The van der Waals surface area contributed by atoms with E-state index >= 15 is 0 Å². The van der Waals surface area contributed by atoms with E-state index in [0.717, 1.165) is 0 Å². The van der Waals surface area contributed by atoms with Crippen LogP contribution in [0.4, 0.5) is 0 Å². The molecule has 1 N–H and O–H groups in total. The molecule has 0 unspecified atom stereocenters. The number of nitrogens with zero attached hydrogens (tertiary/aromatic N) is 1. The normalized spacial score (nSPS) is 10.7. The SMILES string of the molecule is COC(=O)c1ccc(Cc2nc3ccccc3c(=O)[nH]2)o1. The number of hydrogen-bond donors (Lipinski definition) is 1. The maximum absolute atomic E-state index is 11.9. The Labute approximate surface area is 119 Å². The van der Waals surface area contributed by atoms with E-state index in [1.165, 1.54) is 13.2 Å². The van der Waals surface area contributed by atoms with Gasteiger partial charge in [-0.1, -0.05) is 12.1 Å². The zero-order valence-electron chi connectivity index (χ0n) is 11.3. The van der Waals surface area contributed by atoms with Gasteiger partial charge in [-0.05, 0) is 24.3 Å². The van der Waals surface area contributed by atoms with E-state index in [2.05, 4.69) is 14.7 Å². The highest BCUT2D eigenvalue weighted by Crippen LogP contribution is 2.13. The number of ether oxygens (including phenoxy) is 1. The molecule has 0 radical (unpaired) electrons. The average molecular weight is 284 g/mol. The molecule has 6 heteroatoms. The summed E-state index contributed by atoms with van der Waals surface area (Å²) < 4.78 is 9.93. The monoisotopic (exact) mass is 284 g/mol. The molecule has 21 heavy (non-hydrogen) atoms. The molecule has 0 amide bonds. The number of carbonyl (C=O) groups excluding carboxylic acids is 1. The van der Waals surface area contributed by atoms with Crippen molar-refractivity contribution in [2.75, 3.05) is 7.11 Å². The number of aromatic nitrogens is 2. The minimum atomic E-state index is -0.541. The van der Waals surface area contributed by atoms with Gasteiger partial charge in [-0.15, -0.1) is 0 Å². The standard InChI is InChI=1S/C15H12N2O4/c1-20-15(19)12-7-6-9(21-12)8-13-16-11-5-3-2-4-10(11)14(18)17-13/h2-7H,8H2,1H3,(H,16,17,18). The molecule has 3 aromatic rings. The lowest BCUT2D eigenvalue weighted by Crippen LogP contribution is -2.11. The van der Waals surface area contributed by atoms with Gasteiger partial charge in [0.05, 0.1) is 24.4 Å². The molecule has 106 valence electrons. The Hall–Kier alpha value is -2.89. The number of esters is 1. The summed E-state index contributed by atoms with van der Waals surface area (Å²) in [5.74, 6) is 0.579. The van der Waals surface area contributed by atoms with Gasteiger partial charge >= 0.3 is 5.97 Å². The van der Waals surface area contributed by atoms with E-state index in [9.17, 15) is 9.59 Å². The molecule has 0 aliphatic heterocycles. The Kier molecular flexibility index (Phi) is 3.27. The fourth-order valence-corrected chi connectivity index (χ4v) is 2.07. The Morgan fingerprint density at radius 3 is 2.90 bits per heavy atom. The van der Waals surface area contributed by atoms with Crippen molar-refractivity contribution in [3.63, 3.8) is 0 Å². The lowest BCUT2D eigenvalue weighted by Gasteiger charge is -2.01. The Morgan fingerprint density at radius 1 is 1.29 bits per heavy atom. The van der Waals surface area contributed by atoms with Crippen LogP contribution in [0.5, 0.6) is 0 Å². The highest BCUT2D eigenvalue weighted by Gasteiger charge is 2.12. The van der Waals surface area contributed by atoms with Crippen molar-refractivity contribution >= 4 is 16.9 Å². The van der Waals surface area contributed by atoms with Crippen molar-refractivity contribution in [2.45, 2.75) is 6.42 Å². The number of para-hydroxylation sites is 1. The van der Waals surface area contributed by atoms with Gasteiger partial charge in [0.25, 0.3) is 5.56 Å². The third-order valence-electron chi connectivity index (χ3n) is 3.05. The summed E-state index contributed by atoms with van der Waals surface area (Å²) in [7, 11) is 1.28. The summed E-state index contributed by atoms with van der Waals surface area (Å²) in [4.78, 5) is 30.4. The van der Waals surface area contributed by atoms with E-state index < -0.39 is 5.97 Å². The van der Waals surface area contributed by atoms with Crippen LogP contribution < -0.4 is 5.56 Å². The Balaban J connectivity index is 1.93. The Bertz CT molecular complexity index is 863. The maximum Gasteiger partial charge on any atom is 0.373 e. The van der Waals surface area contributed by atoms with Gasteiger partial charge in [0.15, 0.2) is 0 Å². The lowest BCUT2D eigenvalue weighted by atomic mass is 10.2. The first-order valence-electron chi connectivity index (χ1n) is 6.32. The van der Waals surface area contributed by atoms with Crippen molar-refractivity contribution in [2.24, 2.45) is 0 Å². The molecule has 2 heterocycles. The third kappa shape index (κ3) is 2.55. The topological polar surface area (TPSA) is 85.2 Å². The van der Waals surface area contributed by atoms with Crippen LogP contribution in [0.1, 0.15) is 22.1 Å². The fraction of sp³-hybridized carbons (Fsp3) is 0.133. The summed E-state index contributed by atoms with van der Waals surface area (Å²) in [6.07, 6.45) is 0.289. The molecule has 0 fully saturated rings. The van der Waals surface area contributed by atoms with Crippen molar-refractivity contribution in [1.29, 1.82) is 0 Å². The second-order valence-corrected chi connectivity index (χ2v) is 4.46. The molecular formula is C15H12N2O4. The van der Waals surface area contributed by atoms with Gasteiger partial charge in [0, 0.05) is 0 Å². The number of aromatic amines is 1. The molecule has 0 aliphatic rings. The molecule has 0 atom stereocenters. The number of benzene rings is 1. The quantitative estimate of drug-likeness (QED) is 0.742. The molecule has 0 spiro atoms. The largest absolute Gasteiger partial charge is 0.463 e. The lowest BCUT2D eigenvalue weighted by molar-refractivity contribution is 0.0563. The first-order valence-corrected chi connectivity index (χ1v) is 6.32. The molecule has 1 aromatic carbocycles. The van der Waals surface area contributed by atoms with Crippen LogP contribution in [0.2, 0.25) is 0 Å². The summed E-state index contributed by atoms with van der Waals surface area (Å²) in [5.41, 5.74) is 0.423. The van der Waals surface area contributed by atoms with Crippen LogP contribution in [0, 0.1) is 0 Å². The molecular weight excluding hydrogens is 272 g/mol. The van der Waals surface area contributed by atoms with Crippen LogP contribution >= 0.6 is 0 Å². The van der Waals surface area contributed by atoms with Crippen molar-refractivity contribution < 1.29 is 13.9 Å². The van der Waals surface area contributed by atoms with Gasteiger partial charge in [0.1, 0.15) is 11.6 Å². The summed E-state index contributed by atoms with van der Waals surface area (Å²) in [6.45, 7) is 0. The first-order chi connectivity index (χ1) is 10.2. The summed E-state index contributed by atoms with van der Waals surface area (Å²) >= 11 is 0. The number of carbonyl (C=O) groups is 1. The zero-order chi connectivity index (χ0) is 14.8. The third-order valence-corrected chi connectivity index (χ3v) is 3.05. The number of rotatable bonds is 3. The van der Waals surface area contributed by atoms with Gasteiger partial charge in [-0.25, -0.2) is 9.78 Å². The smallest absolute Gasteiger partial charge is 0.373 e. The predicted octanol–water partition coefficient (Wildman–Crippen LogP) is 1.89. The second kappa shape index (κ2) is 5.24. The number of nitrogens with one attached hydrogen (secondary N) is 1. The molecule has 0 saturated heterocycles. The molecule has 6 nitrogen and oxygen atoms in total.